The average Bonchev–Trinajstić information content (AvgIpc) is 3.18. The van der Waals surface area contributed by atoms with Gasteiger partial charge >= 0.3 is 0 Å². The zero-order chi connectivity index (χ0) is 23.8. The molecule has 3 aromatic rings. The van der Waals surface area contributed by atoms with Crippen molar-refractivity contribution >= 4 is 16.8 Å². The number of aliphatic hydroxyl groups is 1. The lowest BCUT2D eigenvalue weighted by Crippen LogP contribution is -2.32. The zero-order valence-corrected chi connectivity index (χ0v) is 19.1. The molecule has 3 rings (SSSR count). The van der Waals surface area contributed by atoms with Gasteiger partial charge in [0.05, 0.1) is 17.7 Å². The second kappa shape index (κ2) is 11.7. The van der Waals surface area contributed by atoms with Crippen LogP contribution in [0, 0.1) is 5.82 Å². The van der Waals surface area contributed by atoms with E-state index in [-0.39, 0.29) is 18.5 Å². The first-order valence-corrected chi connectivity index (χ1v) is 11.2. The standard InChI is InChI=1S/C25H32FN3O4/c1-3-32-23-16-20(26)5-6-22(23)33-12-8-28-17(2)13-18-14-19-7-10-29(9-4-11-30)24(19)21(15-18)25(27)31/h5-7,10,14-17,28,30H,3-4,8-9,11-13H2,1-2H3,(H2,27,31)/t17-/m1/s1. The molecule has 178 valence electrons. The largest absolute Gasteiger partial charge is 0.490 e. The molecule has 0 aliphatic heterocycles. The summed E-state index contributed by atoms with van der Waals surface area (Å²) in [5.41, 5.74) is 7.96. The lowest BCUT2D eigenvalue weighted by molar-refractivity contribution is 0.100. The van der Waals surface area contributed by atoms with Crippen LogP contribution in [0.25, 0.3) is 10.9 Å². The van der Waals surface area contributed by atoms with E-state index in [9.17, 15) is 9.18 Å². The monoisotopic (exact) mass is 457 g/mol. The highest BCUT2D eigenvalue weighted by Gasteiger charge is 2.15. The Balaban J connectivity index is 1.60. The van der Waals surface area contributed by atoms with Crippen LogP contribution < -0.4 is 20.5 Å². The molecular weight excluding hydrogens is 425 g/mol. The van der Waals surface area contributed by atoms with Crippen molar-refractivity contribution in [2.24, 2.45) is 5.73 Å². The molecule has 0 fully saturated rings. The molecular formula is C25H32FN3O4. The molecule has 33 heavy (non-hydrogen) atoms. The highest BCUT2D eigenvalue weighted by Crippen LogP contribution is 2.28. The van der Waals surface area contributed by atoms with Crippen LogP contribution in [0.15, 0.2) is 42.6 Å². The van der Waals surface area contributed by atoms with Gasteiger partial charge in [-0.3, -0.25) is 4.79 Å². The number of ether oxygens (including phenoxy) is 2. The highest BCUT2D eigenvalue weighted by atomic mass is 19.1. The van der Waals surface area contributed by atoms with Crippen molar-refractivity contribution in [3.63, 3.8) is 0 Å². The molecule has 0 spiro atoms. The number of hydrogen-bond acceptors (Lipinski definition) is 5. The summed E-state index contributed by atoms with van der Waals surface area (Å²) in [5.74, 6) is 0.0662. The fraction of sp³-hybridized carbons (Fsp3) is 0.400. The number of nitrogens with one attached hydrogen (secondary N) is 1. The highest BCUT2D eigenvalue weighted by molar-refractivity contribution is 6.05. The summed E-state index contributed by atoms with van der Waals surface area (Å²) >= 11 is 0. The molecule has 8 heteroatoms. The Labute approximate surface area is 193 Å². The number of aromatic nitrogens is 1. The second-order valence-corrected chi connectivity index (χ2v) is 7.96. The number of benzene rings is 2. The van der Waals surface area contributed by atoms with Crippen LogP contribution in [0.2, 0.25) is 0 Å². The van der Waals surface area contributed by atoms with Gasteiger partial charge in [0.2, 0.25) is 0 Å². The third-order valence-electron chi connectivity index (χ3n) is 5.34. The van der Waals surface area contributed by atoms with E-state index < -0.39 is 5.91 Å². The molecule has 4 N–H and O–H groups in total. The van der Waals surface area contributed by atoms with E-state index in [0.29, 0.717) is 56.2 Å². The van der Waals surface area contributed by atoms with Gasteiger partial charge in [0.1, 0.15) is 12.4 Å². The summed E-state index contributed by atoms with van der Waals surface area (Å²) in [4.78, 5) is 12.1. The summed E-state index contributed by atoms with van der Waals surface area (Å²) in [6.07, 6.45) is 3.23. The molecule has 0 saturated heterocycles. The van der Waals surface area contributed by atoms with E-state index >= 15 is 0 Å². The Morgan fingerprint density at radius 3 is 2.76 bits per heavy atom. The summed E-state index contributed by atoms with van der Waals surface area (Å²) in [6, 6.07) is 10.2. The van der Waals surface area contributed by atoms with Gasteiger partial charge in [-0.25, -0.2) is 4.39 Å². The molecule has 0 unspecified atom stereocenters. The van der Waals surface area contributed by atoms with Gasteiger partial charge in [-0.05, 0) is 62.6 Å². The van der Waals surface area contributed by atoms with E-state index in [0.717, 1.165) is 16.5 Å². The van der Waals surface area contributed by atoms with Gasteiger partial charge in [0, 0.05) is 43.4 Å². The second-order valence-electron chi connectivity index (χ2n) is 7.96. The Hall–Kier alpha value is -3.10. The first kappa shape index (κ1) is 24.5. The number of halogens is 1. The van der Waals surface area contributed by atoms with Gasteiger partial charge in [-0.15, -0.1) is 0 Å². The molecule has 7 nitrogen and oxygen atoms in total. The molecule has 0 aliphatic carbocycles. The third-order valence-corrected chi connectivity index (χ3v) is 5.34. The molecule has 0 aliphatic rings. The minimum Gasteiger partial charge on any atom is -0.490 e. The number of fused-ring (bicyclic) bond motifs is 1. The minimum absolute atomic E-state index is 0.0880. The summed E-state index contributed by atoms with van der Waals surface area (Å²) in [6.45, 7) is 6.02. The predicted octanol–water partition coefficient (Wildman–Crippen LogP) is 3.26. The van der Waals surface area contributed by atoms with Crippen molar-refractivity contribution in [1.82, 2.24) is 9.88 Å². The Kier molecular flexibility index (Phi) is 8.68. The number of carbonyl (C=O) groups is 1. The Bertz CT molecular complexity index is 1080. The Morgan fingerprint density at radius 1 is 1.21 bits per heavy atom. The maximum absolute atomic E-state index is 13.4. The molecule has 1 atom stereocenters. The van der Waals surface area contributed by atoms with Crippen molar-refractivity contribution in [3.05, 3.63) is 59.5 Å². The first-order valence-electron chi connectivity index (χ1n) is 11.2. The van der Waals surface area contributed by atoms with Crippen molar-refractivity contribution in [2.75, 3.05) is 26.4 Å². The van der Waals surface area contributed by atoms with Crippen LogP contribution in [0.5, 0.6) is 11.5 Å². The van der Waals surface area contributed by atoms with Crippen molar-refractivity contribution in [2.45, 2.75) is 39.3 Å². The number of aryl methyl sites for hydroxylation is 1. The fourth-order valence-corrected chi connectivity index (χ4v) is 3.91. The molecule has 1 amide bonds. The van der Waals surface area contributed by atoms with E-state index in [1.807, 2.05) is 29.8 Å². The lowest BCUT2D eigenvalue weighted by atomic mass is 10.0. The molecule has 2 aromatic carbocycles. The number of primary amides is 1. The number of nitrogens with zero attached hydrogens (tertiary/aromatic N) is 1. The van der Waals surface area contributed by atoms with Crippen molar-refractivity contribution in [3.8, 4) is 11.5 Å². The molecule has 0 bridgehead atoms. The van der Waals surface area contributed by atoms with Gasteiger partial charge in [0.15, 0.2) is 11.5 Å². The van der Waals surface area contributed by atoms with Crippen LogP contribution >= 0.6 is 0 Å². The Morgan fingerprint density at radius 2 is 2.03 bits per heavy atom. The zero-order valence-electron chi connectivity index (χ0n) is 19.1. The van der Waals surface area contributed by atoms with Crippen molar-refractivity contribution < 1.29 is 23.8 Å². The summed E-state index contributed by atoms with van der Waals surface area (Å²) in [7, 11) is 0. The normalized spacial score (nSPS) is 12.1. The van der Waals surface area contributed by atoms with E-state index in [2.05, 4.69) is 18.3 Å². The summed E-state index contributed by atoms with van der Waals surface area (Å²) in [5, 5.41) is 13.5. The maximum Gasteiger partial charge on any atom is 0.250 e. The number of carbonyl (C=O) groups excluding carboxylic acids is 1. The molecule has 0 saturated carbocycles. The van der Waals surface area contributed by atoms with Gasteiger partial charge in [0.25, 0.3) is 5.91 Å². The number of nitrogens with two attached hydrogens (primary N) is 1. The SMILES string of the molecule is CCOc1cc(F)ccc1OCCN[C@H](C)Cc1cc(C(N)=O)c2c(ccn2CCCO)c1. The number of aliphatic hydroxyl groups excluding tert-OH is 1. The molecule has 1 heterocycles. The fourth-order valence-electron chi connectivity index (χ4n) is 3.91. The third kappa shape index (κ3) is 6.46. The van der Waals surface area contributed by atoms with Gasteiger partial charge < -0.3 is 30.2 Å². The predicted molar refractivity (Wildman–Crippen MR) is 126 cm³/mol. The number of amides is 1. The number of rotatable bonds is 13. The van der Waals surface area contributed by atoms with Crippen LogP contribution in [-0.2, 0) is 13.0 Å². The maximum atomic E-state index is 13.4. The molecule has 0 radical (unpaired) electrons. The van der Waals surface area contributed by atoms with Crippen molar-refractivity contribution in [1.29, 1.82) is 0 Å². The smallest absolute Gasteiger partial charge is 0.250 e. The van der Waals surface area contributed by atoms with Crippen LogP contribution in [0.4, 0.5) is 4.39 Å². The number of hydrogen-bond donors (Lipinski definition) is 3. The van der Waals surface area contributed by atoms with E-state index in [1.54, 1.807) is 6.07 Å². The van der Waals surface area contributed by atoms with Gasteiger partial charge in [-0.1, -0.05) is 0 Å². The van der Waals surface area contributed by atoms with Crippen LogP contribution in [-0.4, -0.2) is 48.0 Å². The lowest BCUT2D eigenvalue weighted by Gasteiger charge is -2.16. The minimum atomic E-state index is -0.468. The average molecular weight is 458 g/mol. The topological polar surface area (TPSA) is 98.7 Å². The van der Waals surface area contributed by atoms with E-state index in [1.165, 1.54) is 12.1 Å². The van der Waals surface area contributed by atoms with Crippen LogP contribution in [0.3, 0.4) is 0 Å². The quantitative estimate of drug-likeness (QED) is 0.342. The summed E-state index contributed by atoms with van der Waals surface area (Å²) < 4.78 is 26.6. The van der Waals surface area contributed by atoms with Crippen LogP contribution in [0.1, 0.15) is 36.2 Å². The van der Waals surface area contributed by atoms with E-state index in [4.69, 9.17) is 20.3 Å². The van der Waals surface area contributed by atoms with Gasteiger partial charge in [-0.2, -0.15) is 0 Å². The first-order chi connectivity index (χ1) is 15.9. The molecule has 1 aromatic heterocycles.